The summed E-state index contributed by atoms with van der Waals surface area (Å²) in [6.45, 7) is 0. The van der Waals surface area contributed by atoms with Crippen LogP contribution in [0.3, 0.4) is 0 Å². The van der Waals surface area contributed by atoms with E-state index in [4.69, 9.17) is 0 Å². The molecular weight excluding hydrogens is 278 g/mol. The van der Waals surface area contributed by atoms with E-state index in [9.17, 15) is 10.2 Å². The monoisotopic (exact) mass is 293 g/mol. The molecule has 3 aromatic heterocycles. The third-order valence-electron chi connectivity index (χ3n) is 3.43. The minimum atomic E-state index is -0.101. The molecule has 0 saturated heterocycles. The van der Waals surface area contributed by atoms with Crippen molar-refractivity contribution in [2.24, 2.45) is 14.1 Å². The van der Waals surface area contributed by atoms with Gasteiger partial charge in [-0.3, -0.25) is 0 Å². The van der Waals surface area contributed by atoms with Crippen LogP contribution in [0.15, 0.2) is 55.1 Å². The quantitative estimate of drug-likeness (QED) is 0.634. The molecule has 3 heterocycles. The molecule has 0 aliphatic carbocycles. The second kappa shape index (κ2) is 5.44. The number of hydrogen-bond donors (Lipinski definition) is 0. The molecule has 0 unspecified atom stereocenters. The van der Waals surface area contributed by atoms with Crippen LogP contribution in [0.2, 0.25) is 0 Å². The number of pyridine rings is 3. The Balaban J connectivity index is 2.10. The second-order valence-electron chi connectivity index (χ2n) is 5.18. The normalized spacial score (nSPS) is 10.6. The van der Waals surface area contributed by atoms with Crippen molar-refractivity contribution in [3.05, 3.63) is 55.1 Å². The number of hydrogen-bond acceptors (Lipinski definition) is 3. The summed E-state index contributed by atoms with van der Waals surface area (Å²) in [7, 11) is 3.59. The standard InChI is InChI=1S/C17H15N3O2/c1-19-8-6-12(16(21)10-19)14-4-3-5-15(18-14)13-7-9-20(2)11-17(13)22/h3-11H,1-2H3. The van der Waals surface area contributed by atoms with Gasteiger partial charge in [0.25, 0.3) is 0 Å². The van der Waals surface area contributed by atoms with Gasteiger partial charge in [0.2, 0.25) is 0 Å². The van der Waals surface area contributed by atoms with Crippen molar-refractivity contribution >= 4 is 0 Å². The summed E-state index contributed by atoms with van der Waals surface area (Å²) in [6, 6.07) is 8.81. The number of nitrogens with zero attached hydrogens (tertiary/aromatic N) is 3. The number of aromatic nitrogens is 3. The molecular formula is C17H15N3O2. The van der Waals surface area contributed by atoms with Crippen LogP contribution in [-0.2, 0) is 14.1 Å². The largest absolute Gasteiger partial charge is 0.868 e. The maximum Gasteiger partial charge on any atom is 0.169 e. The third-order valence-corrected chi connectivity index (χ3v) is 3.43. The van der Waals surface area contributed by atoms with Crippen molar-refractivity contribution in [3.8, 4) is 34.0 Å². The molecule has 0 bridgehead atoms. The number of aryl methyl sites for hydroxylation is 2. The van der Waals surface area contributed by atoms with Crippen molar-refractivity contribution in [3.63, 3.8) is 0 Å². The number of rotatable bonds is 2. The van der Waals surface area contributed by atoms with Crippen molar-refractivity contribution in [1.82, 2.24) is 4.98 Å². The smallest absolute Gasteiger partial charge is 0.169 e. The van der Waals surface area contributed by atoms with Crippen molar-refractivity contribution < 1.29 is 19.3 Å². The summed E-state index contributed by atoms with van der Waals surface area (Å²) in [6.07, 6.45) is 6.61. The average Bonchev–Trinajstić information content (AvgIpc) is 2.47. The molecule has 0 fully saturated rings. The maximum absolute atomic E-state index is 12.1. The van der Waals surface area contributed by atoms with Gasteiger partial charge in [-0.15, -0.1) is 0 Å². The maximum atomic E-state index is 12.1. The molecule has 22 heavy (non-hydrogen) atoms. The third kappa shape index (κ3) is 2.61. The van der Waals surface area contributed by atoms with E-state index in [1.807, 2.05) is 0 Å². The molecule has 0 aliphatic rings. The topological polar surface area (TPSA) is 66.8 Å². The van der Waals surface area contributed by atoms with Gasteiger partial charge in [0.05, 0.1) is 11.4 Å². The van der Waals surface area contributed by atoms with Crippen molar-refractivity contribution in [2.45, 2.75) is 0 Å². The lowest BCUT2D eigenvalue weighted by Gasteiger charge is -2.13. The van der Waals surface area contributed by atoms with Gasteiger partial charge in [-0.2, -0.15) is 0 Å². The highest BCUT2D eigenvalue weighted by Crippen LogP contribution is 2.28. The van der Waals surface area contributed by atoms with E-state index in [1.165, 1.54) is 12.4 Å². The van der Waals surface area contributed by atoms with Gasteiger partial charge in [-0.05, 0) is 23.6 Å². The first-order valence-electron chi connectivity index (χ1n) is 6.85. The van der Waals surface area contributed by atoms with Crippen molar-refractivity contribution in [2.75, 3.05) is 0 Å². The van der Waals surface area contributed by atoms with E-state index in [1.54, 1.807) is 66.0 Å². The minimum absolute atomic E-state index is 0.101. The predicted molar refractivity (Wildman–Crippen MR) is 76.4 cm³/mol. The zero-order chi connectivity index (χ0) is 15.7. The molecule has 0 aliphatic heterocycles. The lowest BCUT2D eigenvalue weighted by molar-refractivity contribution is -0.673. The first kappa shape index (κ1) is 14.0. The molecule has 0 N–H and O–H groups in total. The molecule has 0 radical (unpaired) electrons. The Hall–Kier alpha value is -2.95. The van der Waals surface area contributed by atoms with Gasteiger partial charge in [-0.25, -0.2) is 14.1 Å². The predicted octanol–water partition coefficient (Wildman–Crippen LogP) is 0.212. The van der Waals surface area contributed by atoms with Crippen LogP contribution in [0.1, 0.15) is 0 Å². The Morgan fingerprint density at radius 3 is 1.64 bits per heavy atom. The Labute approximate surface area is 128 Å². The van der Waals surface area contributed by atoms with E-state index in [2.05, 4.69) is 4.98 Å². The van der Waals surface area contributed by atoms with Gasteiger partial charge in [-0.1, -0.05) is 6.07 Å². The molecule has 5 nitrogen and oxygen atoms in total. The minimum Gasteiger partial charge on any atom is -0.868 e. The fourth-order valence-electron chi connectivity index (χ4n) is 2.30. The fraction of sp³-hybridized carbons (Fsp3) is 0.118. The van der Waals surface area contributed by atoms with Gasteiger partial charge in [0.1, 0.15) is 14.1 Å². The molecule has 3 aromatic rings. The molecule has 5 heteroatoms. The summed E-state index contributed by atoms with van der Waals surface area (Å²) in [5.41, 5.74) is 2.18. The van der Waals surface area contributed by atoms with Crippen LogP contribution in [0.25, 0.3) is 22.5 Å². The summed E-state index contributed by atoms with van der Waals surface area (Å²) < 4.78 is 3.39. The summed E-state index contributed by atoms with van der Waals surface area (Å²) in [5, 5.41) is 24.1. The average molecular weight is 293 g/mol. The molecule has 0 amide bonds. The van der Waals surface area contributed by atoms with E-state index in [-0.39, 0.29) is 11.5 Å². The van der Waals surface area contributed by atoms with E-state index in [0.717, 1.165) is 0 Å². The molecule has 3 rings (SSSR count). The molecule has 110 valence electrons. The van der Waals surface area contributed by atoms with Gasteiger partial charge < -0.3 is 10.2 Å². The Kier molecular flexibility index (Phi) is 3.47. The molecule has 0 atom stereocenters. The second-order valence-corrected chi connectivity index (χ2v) is 5.18. The van der Waals surface area contributed by atoms with Gasteiger partial charge >= 0.3 is 0 Å². The Morgan fingerprint density at radius 2 is 1.23 bits per heavy atom. The zero-order valence-electron chi connectivity index (χ0n) is 12.4. The highest BCUT2D eigenvalue weighted by molar-refractivity contribution is 5.70. The van der Waals surface area contributed by atoms with E-state index < -0.39 is 0 Å². The zero-order valence-corrected chi connectivity index (χ0v) is 12.4. The lowest BCUT2D eigenvalue weighted by atomic mass is 10.1. The first-order valence-corrected chi connectivity index (χ1v) is 6.85. The summed E-state index contributed by atoms with van der Waals surface area (Å²) in [4.78, 5) is 4.48. The van der Waals surface area contributed by atoms with Gasteiger partial charge in [0, 0.05) is 23.3 Å². The summed E-state index contributed by atoms with van der Waals surface area (Å²) in [5.74, 6) is -0.201. The van der Waals surface area contributed by atoms with E-state index in [0.29, 0.717) is 22.5 Å². The SMILES string of the molecule is C[n+]1ccc(-c2cccc(-c3cc[n+](C)cc3[O-])n2)c([O-])c1. The summed E-state index contributed by atoms with van der Waals surface area (Å²) >= 11 is 0. The Morgan fingerprint density at radius 1 is 0.773 bits per heavy atom. The van der Waals surface area contributed by atoms with Crippen LogP contribution in [0.5, 0.6) is 11.5 Å². The molecule has 0 aromatic carbocycles. The fourth-order valence-corrected chi connectivity index (χ4v) is 2.30. The van der Waals surface area contributed by atoms with Gasteiger partial charge in [0.15, 0.2) is 24.8 Å². The van der Waals surface area contributed by atoms with Crippen LogP contribution >= 0.6 is 0 Å². The van der Waals surface area contributed by atoms with Crippen LogP contribution in [0.4, 0.5) is 0 Å². The molecule has 0 spiro atoms. The highest BCUT2D eigenvalue weighted by Gasteiger charge is 2.08. The first-order chi connectivity index (χ1) is 10.5. The van der Waals surface area contributed by atoms with Crippen LogP contribution < -0.4 is 19.3 Å². The molecule has 0 saturated carbocycles. The van der Waals surface area contributed by atoms with Crippen molar-refractivity contribution in [1.29, 1.82) is 0 Å². The van der Waals surface area contributed by atoms with Crippen LogP contribution in [-0.4, -0.2) is 4.98 Å². The Bertz CT molecular complexity index is 780. The lowest BCUT2D eigenvalue weighted by Crippen LogP contribution is -2.27. The van der Waals surface area contributed by atoms with Crippen LogP contribution in [0, 0.1) is 0 Å². The highest BCUT2D eigenvalue weighted by atomic mass is 16.3. The van der Waals surface area contributed by atoms with E-state index >= 15 is 0 Å².